The number of rotatable bonds is 7. The van der Waals surface area contributed by atoms with E-state index in [1.54, 1.807) is 11.3 Å². The second-order valence-electron chi connectivity index (χ2n) is 5.00. The average Bonchev–Trinajstić information content (AvgIpc) is 3.02. The highest BCUT2D eigenvalue weighted by atomic mass is 127. The number of nitrogens with zero attached hydrogens (tertiary/aromatic N) is 1. The van der Waals surface area contributed by atoms with Gasteiger partial charge in [-0.05, 0) is 29.9 Å². The number of hydrogen-bond donors (Lipinski definition) is 2. The van der Waals surface area contributed by atoms with E-state index < -0.39 is 0 Å². The number of benzene rings is 1. The van der Waals surface area contributed by atoms with E-state index >= 15 is 0 Å². The van der Waals surface area contributed by atoms with Crippen molar-refractivity contribution in [3.63, 3.8) is 0 Å². The minimum Gasteiger partial charge on any atom is -0.370 e. The first-order valence-corrected chi connectivity index (χ1v) is 8.28. The lowest BCUT2D eigenvalue weighted by Gasteiger charge is -2.13. The number of halogens is 1. The van der Waals surface area contributed by atoms with E-state index in [0.29, 0.717) is 11.9 Å². The Balaban J connectivity index is 0.00000242. The van der Waals surface area contributed by atoms with E-state index in [2.05, 4.69) is 59.0 Å². The van der Waals surface area contributed by atoms with E-state index in [0.717, 1.165) is 25.9 Å². The summed E-state index contributed by atoms with van der Waals surface area (Å²) < 4.78 is 0. The highest BCUT2D eigenvalue weighted by molar-refractivity contribution is 14.0. The Morgan fingerprint density at radius 3 is 2.64 bits per heavy atom. The Morgan fingerprint density at radius 1 is 1.23 bits per heavy atom. The third kappa shape index (κ3) is 6.36. The Hall–Kier alpha value is -1.08. The molecule has 0 spiro atoms. The smallest absolute Gasteiger partial charge is 0.188 e. The van der Waals surface area contributed by atoms with E-state index in [9.17, 15) is 0 Å². The average molecular weight is 429 g/mol. The van der Waals surface area contributed by atoms with Crippen LogP contribution in [0.15, 0.2) is 52.8 Å². The van der Waals surface area contributed by atoms with Crippen molar-refractivity contribution in [3.8, 4) is 0 Å². The van der Waals surface area contributed by atoms with Crippen LogP contribution in [0.5, 0.6) is 0 Å². The van der Waals surface area contributed by atoms with Gasteiger partial charge in [0.15, 0.2) is 5.96 Å². The zero-order chi connectivity index (χ0) is 14.9. The summed E-state index contributed by atoms with van der Waals surface area (Å²) in [7, 11) is 0. The number of aliphatic imine (C=N–C) groups is 1. The fourth-order valence-electron chi connectivity index (χ4n) is 2.23. The molecule has 5 heteroatoms. The Bertz CT molecular complexity index is 540. The first-order valence-electron chi connectivity index (χ1n) is 7.40. The Kier molecular flexibility index (Phi) is 9.15. The fourth-order valence-corrected chi connectivity index (χ4v) is 2.94. The van der Waals surface area contributed by atoms with Crippen molar-refractivity contribution in [1.29, 1.82) is 0 Å². The first-order chi connectivity index (χ1) is 10.3. The molecule has 0 aliphatic rings. The lowest BCUT2D eigenvalue weighted by molar-refractivity contribution is 0.671. The van der Waals surface area contributed by atoms with Crippen molar-refractivity contribution in [2.24, 2.45) is 10.7 Å². The van der Waals surface area contributed by atoms with Crippen molar-refractivity contribution in [1.82, 2.24) is 5.32 Å². The SMILES string of the molecule is CCC(CN=C(N)NCCc1cccs1)c1ccccc1.I. The van der Waals surface area contributed by atoms with E-state index in [1.165, 1.54) is 10.4 Å². The van der Waals surface area contributed by atoms with Gasteiger partial charge in [0, 0.05) is 23.9 Å². The van der Waals surface area contributed by atoms with Crippen LogP contribution in [0.25, 0.3) is 0 Å². The van der Waals surface area contributed by atoms with E-state index in [1.807, 2.05) is 6.07 Å². The number of hydrogen-bond acceptors (Lipinski definition) is 2. The molecule has 0 radical (unpaired) electrons. The van der Waals surface area contributed by atoms with Crippen LogP contribution in [-0.2, 0) is 6.42 Å². The number of guanidine groups is 1. The number of thiophene rings is 1. The quantitative estimate of drug-likeness (QED) is 0.397. The largest absolute Gasteiger partial charge is 0.370 e. The Labute approximate surface area is 154 Å². The second-order valence-corrected chi connectivity index (χ2v) is 6.03. The zero-order valence-corrected chi connectivity index (χ0v) is 16.0. The summed E-state index contributed by atoms with van der Waals surface area (Å²) in [6.45, 7) is 3.75. The molecule has 0 saturated heterocycles. The van der Waals surface area contributed by atoms with Crippen LogP contribution in [0.1, 0.15) is 29.7 Å². The van der Waals surface area contributed by atoms with Gasteiger partial charge in [0.2, 0.25) is 0 Å². The first kappa shape index (κ1) is 19.0. The van der Waals surface area contributed by atoms with Crippen LogP contribution in [0.3, 0.4) is 0 Å². The highest BCUT2D eigenvalue weighted by Gasteiger charge is 2.08. The van der Waals surface area contributed by atoms with Gasteiger partial charge in [0.1, 0.15) is 0 Å². The van der Waals surface area contributed by atoms with Crippen LogP contribution < -0.4 is 11.1 Å². The maximum atomic E-state index is 5.94. The van der Waals surface area contributed by atoms with Crippen molar-refractivity contribution < 1.29 is 0 Å². The highest BCUT2D eigenvalue weighted by Crippen LogP contribution is 2.19. The maximum absolute atomic E-state index is 5.94. The topological polar surface area (TPSA) is 50.4 Å². The minimum absolute atomic E-state index is 0. The number of nitrogens with two attached hydrogens (primary N) is 1. The van der Waals surface area contributed by atoms with Gasteiger partial charge in [-0.25, -0.2) is 0 Å². The van der Waals surface area contributed by atoms with Gasteiger partial charge in [-0.3, -0.25) is 4.99 Å². The summed E-state index contributed by atoms with van der Waals surface area (Å²) in [5.74, 6) is 0.977. The fraction of sp³-hybridized carbons (Fsp3) is 0.353. The third-order valence-electron chi connectivity index (χ3n) is 3.50. The summed E-state index contributed by atoms with van der Waals surface area (Å²) >= 11 is 1.77. The predicted octanol–water partition coefficient (Wildman–Crippen LogP) is 4.01. The number of nitrogens with one attached hydrogen (secondary N) is 1. The van der Waals surface area contributed by atoms with Gasteiger partial charge in [0.25, 0.3) is 0 Å². The van der Waals surface area contributed by atoms with Gasteiger partial charge in [-0.2, -0.15) is 0 Å². The molecule has 1 aromatic carbocycles. The summed E-state index contributed by atoms with van der Waals surface area (Å²) in [4.78, 5) is 5.84. The molecule has 22 heavy (non-hydrogen) atoms. The molecule has 0 saturated carbocycles. The van der Waals surface area contributed by atoms with Crippen molar-refractivity contribution in [2.75, 3.05) is 13.1 Å². The predicted molar refractivity (Wildman–Crippen MR) is 107 cm³/mol. The molecule has 120 valence electrons. The second kappa shape index (κ2) is 10.6. The van der Waals surface area contributed by atoms with Gasteiger partial charge in [-0.1, -0.05) is 43.3 Å². The molecular weight excluding hydrogens is 405 g/mol. The summed E-state index contributed by atoms with van der Waals surface area (Å²) in [5, 5.41) is 5.28. The van der Waals surface area contributed by atoms with Crippen molar-refractivity contribution in [3.05, 3.63) is 58.3 Å². The molecule has 2 rings (SSSR count). The van der Waals surface area contributed by atoms with Crippen molar-refractivity contribution >= 4 is 41.3 Å². The molecule has 0 amide bonds. The molecule has 1 aromatic heterocycles. The molecule has 1 atom stereocenters. The van der Waals surface area contributed by atoms with Crippen LogP contribution in [0.2, 0.25) is 0 Å². The molecule has 1 unspecified atom stereocenters. The van der Waals surface area contributed by atoms with Crippen LogP contribution in [-0.4, -0.2) is 19.0 Å². The van der Waals surface area contributed by atoms with E-state index in [-0.39, 0.29) is 24.0 Å². The van der Waals surface area contributed by atoms with Gasteiger partial charge >= 0.3 is 0 Å². The normalized spacial score (nSPS) is 12.5. The zero-order valence-electron chi connectivity index (χ0n) is 12.9. The van der Waals surface area contributed by atoms with Crippen LogP contribution in [0, 0.1) is 0 Å². The standard InChI is InChI=1S/C17H23N3S.HI/c1-2-14(15-7-4-3-5-8-15)13-20-17(18)19-11-10-16-9-6-12-21-16;/h3-9,12,14H,2,10-11,13H2,1H3,(H3,18,19,20);1H. The molecule has 0 fully saturated rings. The monoisotopic (exact) mass is 429 g/mol. The molecule has 3 N–H and O–H groups in total. The lowest BCUT2D eigenvalue weighted by atomic mass is 9.97. The maximum Gasteiger partial charge on any atom is 0.188 e. The molecule has 0 aliphatic heterocycles. The summed E-state index contributed by atoms with van der Waals surface area (Å²) in [6.07, 6.45) is 2.06. The van der Waals surface area contributed by atoms with Crippen LogP contribution in [0.4, 0.5) is 0 Å². The third-order valence-corrected chi connectivity index (χ3v) is 4.44. The van der Waals surface area contributed by atoms with Gasteiger partial charge < -0.3 is 11.1 Å². The molecule has 0 aliphatic carbocycles. The molecular formula is C17H24IN3S. The van der Waals surface area contributed by atoms with E-state index in [4.69, 9.17) is 5.73 Å². The summed E-state index contributed by atoms with van der Waals surface area (Å²) in [5.41, 5.74) is 7.27. The minimum atomic E-state index is 0. The van der Waals surface area contributed by atoms with Crippen molar-refractivity contribution in [2.45, 2.75) is 25.7 Å². The molecule has 1 heterocycles. The van der Waals surface area contributed by atoms with Gasteiger partial charge in [0.05, 0.1) is 0 Å². The lowest BCUT2D eigenvalue weighted by Crippen LogP contribution is -2.33. The molecule has 0 bridgehead atoms. The van der Waals surface area contributed by atoms with Gasteiger partial charge in [-0.15, -0.1) is 35.3 Å². The molecule has 2 aromatic rings. The Morgan fingerprint density at radius 2 is 2.00 bits per heavy atom. The molecule has 3 nitrogen and oxygen atoms in total. The summed E-state index contributed by atoms with van der Waals surface area (Å²) in [6, 6.07) is 14.7. The van der Waals surface area contributed by atoms with Crippen LogP contribution >= 0.6 is 35.3 Å².